The van der Waals surface area contributed by atoms with Crippen molar-refractivity contribution in [3.63, 3.8) is 0 Å². The number of hydrogen-bond acceptors (Lipinski definition) is 4. The molecule has 3 N–H and O–H groups in total. The van der Waals surface area contributed by atoms with Gasteiger partial charge in [-0.25, -0.2) is 0 Å². The van der Waals surface area contributed by atoms with Crippen LogP contribution in [0, 0.1) is 5.21 Å². The average Bonchev–Trinajstić information content (AvgIpc) is 1.59. The highest BCUT2D eigenvalue weighted by atomic mass is 17.1. The van der Waals surface area contributed by atoms with Gasteiger partial charge in [0.05, 0.1) is 0 Å². The number of carboxylic acids is 1. The number of quaternary nitrogens is 1. The number of nitrogens with zero attached hydrogens (tertiary/aromatic N) is 1. The summed E-state index contributed by atoms with van der Waals surface area (Å²) in [6.45, 7) is -0.755. The zero-order chi connectivity index (χ0) is 7.49. The van der Waals surface area contributed by atoms with E-state index in [0.717, 1.165) is 0 Å². The lowest BCUT2D eigenvalue weighted by atomic mass is 10.4. The van der Waals surface area contributed by atoms with Crippen molar-refractivity contribution in [1.82, 2.24) is 0 Å². The molecule has 0 fully saturated rings. The second kappa shape index (κ2) is 2.74. The van der Waals surface area contributed by atoms with Gasteiger partial charge in [0, 0.05) is 0 Å². The van der Waals surface area contributed by atoms with Crippen molar-refractivity contribution in [3.05, 3.63) is 5.21 Å². The van der Waals surface area contributed by atoms with Crippen LogP contribution >= 0.6 is 0 Å². The van der Waals surface area contributed by atoms with Gasteiger partial charge >= 0.3 is 5.97 Å². The standard InChI is InChI=1S/C3H7NO5/c5-3(6)1-2-4(7,8)9/h7-8H,1-2H2,(H,5,6). The molecule has 0 unspecified atom stereocenters. The Morgan fingerprint density at radius 2 is 2.00 bits per heavy atom. The summed E-state index contributed by atoms with van der Waals surface area (Å²) in [6, 6.07) is 0. The van der Waals surface area contributed by atoms with Crippen LogP contribution < -0.4 is 0 Å². The zero-order valence-electron chi connectivity index (χ0n) is 4.52. The fraction of sp³-hybridized carbons (Fsp3) is 0.667. The van der Waals surface area contributed by atoms with E-state index in [0.29, 0.717) is 0 Å². The van der Waals surface area contributed by atoms with Gasteiger partial charge in [-0.1, -0.05) is 4.97 Å². The molecule has 6 nitrogen and oxygen atoms in total. The Morgan fingerprint density at radius 1 is 1.56 bits per heavy atom. The Bertz CT molecular complexity index is 105. The first-order valence-electron chi connectivity index (χ1n) is 2.18. The lowest BCUT2D eigenvalue weighted by molar-refractivity contribution is -1.21. The summed E-state index contributed by atoms with van der Waals surface area (Å²) in [5.74, 6) is -1.24. The summed E-state index contributed by atoms with van der Waals surface area (Å²) in [7, 11) is 0. The van der Waals surface area contributed by atoms with E-state index in [1.54, 1.807) is 0 Å². The molecule has 9 heavy (non-hydrogen) atoms. The molecular weight excluding hydrogens is 130 g/mol. The Labute approximate surface area is 50.6 Å². The maximum absolute atomic E-state index is 9.79. The molecule has 0 heterocycles. The van der Waals surface area contributed by atoms with Gasteiger partial charge in [-0.05, 0) is 0 Å². The molecular formula is C3H7NO5. The molecule has 0 spiro atoms. The van der Waals surface area contributed by atoms with E-state index in [1.807, 2.05) is 0 Å². The van der Waals surface area contributed by atoms with Crippen molar-refractivity contribution in [2.24, 2.45) is 0 Å². The van der Waals surface area contributed by atoms with E-state index >= 15 is 0 Å². The minimum atomic E-state index is -2.54. The van der Waals surface area contributed by atoms with Crippen molar-refractivity contribution in [3.8, 4) is 0 Å². The Hall–Kier alpha value is -0.690. The summed E-state index contributed by atoms with van der Waals surface area (Å²) < 4.78 is 0. The van der Waals surface area contributed by atoms with Crippen molar-refractivity contribution >= 4 is 5.97 Å². The fourth-order valence-electron chi connectivity index (χ4n) is 0.241. The van der Waals surface area contributed by atoms with E-state index in [2.05, 4.69) is 0 Å². The molecule has 0 aliphatic rings. The van der Waals surface area contributed by atoms with Gasteiger partial charge in [-0.2, -0.15) is 10.4 Å². The first-order chi connectivity index (χ1) is 3.92. The summed E-state index contributed by atoms with van der Waals surface area (Å²) in [6.07, 6.45) is -0.559. The highest BCUT2D eigenvalue weighted by Gasteiger charge is 2.10. The van der Waals surface area contributed by atoms with Crippen LogP contribution in [0.1, 0.15) is 6.42 Å². The largest absolute Gasteiger partial charge is 0.564 e. The average molecular weight is 137 g/mol. The Kier molecular flexibility index (Phi) is 2.53. The molecule has 0 rings (SSSR count). The Morgan fingerprint density at radius 3 is 2.11 bits per heavy atom. The summed E-state index contributed by atoms with van der Waals surface area (Å²) >= 11 is 0. The zero-order valence-corrected chi connectivity index (χ0v) is 4.52. The minimum absolute atomic E-state index is 0.559. The van der Waals surface area contributed by atoms with Crippen molar-refractivity contribution in [1.29, 1.82) is 0 Å². The number of carboxylic acid groups (broad SMARTS) is 1. The topological polar surface area (TPSA) is 101 Å². The van der Waals surface area contributed by atoms with Crippen LogP contribution in [-0.2, 0) is 4.79 Å². The fourth-order valence-corrected chi connectivity index (χ4v) is 0.241. The Balaban J connectivity index is 3.39. The van der Waals surface area contributed by atoms with E-state index in [1.165, 1.54) is 0 Å². The van der Waals surface area contributed by atoms with E-state index in [9.17, 15) is 10.0 Å². The third-order valence-corrected chi connectivity index (χ3v) is 0.617. The molecule has 0 amide bonds. The van der Waals surface area contributed by atoms with Crippen LogP contribution in [-0.4, -0.2) is 33.0 Å². The van der Waals surface area contributed by atoms with Gasteiger partial charge in [0.25, 0.3) is 0 Å². The molecule has 0 radical (unpaired) electrons. The summed E-state index contributed by atoms with van der Waals surface area (Å²) in [5.41, 5.74) is 0. The van der Waals surface area contributed by atoms with Crippen LogP contribution in [0.15, 0.2) is 0 Å². The van der Waals surface area contributed by atoms with Gasteiger partial charge in [0.15, 0.2) is 6.54 Å². The summed E-state index contributed by atoms with van der Waals surface area (Å²) in [4.78, 5) is 7.14. The quantitative estimate of drug-likeness (QED) is 0.361. The second-order valence-electron chi connectivity index (χ2n) is 1.53. The number of carbonyl (C=O) groups is 1. The number of aliphatic carboxylic acids is 1. The molecule has 0 aromatic rings. The molecule has 0 bridgehead atoms. The van der Waals surface area contributed by atoms with Gasteiger partial charge < -0.3 is 10.3 Å². The van der Waals surface area contributed by atoms with Crippen LogP contribution in [0.5, 0.6) is 0 Å². The maximum Gasteiger partial charge on any atom is 0.309 e. The molecule has 0 atom stereocenters. The predicted octanol–water partition coefficient (Wildman–Crippen LogP) is -0.446. The van der Waals surface area contributed by atoms with Crippen LogP contribution in [0.4, 0.5) is 0 Å². The van der Waals surface area contributed by atoms with E-state index in [4.69, 9.17) is 15.5 Å². The van der Waals surface area contributed by atoms with Crippen molar-refractivity contribution in [2.75, 3.05) is 6.54 Å². The highest BCUT2D eigenvalue weighted by Crippen LogP contribution is 1.92. The third-order valence-electron chi connectivity index (χ3n) is 0.617. The van der Waals surface area contributed by atoms with Gasteiger partial charge in [0.2, 0.25) is 0 Å². The lowest BCUT2D eigenvalue weighted by Crippen LogP contribution is -2.35. The first kappa shape index (κ1) is 8.31. The van der Waals surface area contributed by atoms with Crippen molar-refractivity contribution < 1.29 is 25.3 Å². The normalized spacial score (nSPS) is 11.4. The predicted molar refractivity (Wildman–Crippen MR) is 24.3 cm³/mol. The smallest absolute Gasteiger partial charge is 0.309 e. The van der Waals surface area contributed by atoms with Gasteiger partial charge in [-0.3, -0.25) is 4.79 Å². The first-order valence-corrected chi connectivity index (χ1v) is 2.18. The third kappa shape index (κ3) is 7.31. The van der Waals surface area contributed by atoms with Gasteiger partial charge in [-0.15, -0.1) is 0 Å². The minimum Gasteiger partial charge on any atom is -0.564 e. The monoisotopic (exact) mass is 137 g/mol. The number of hydrogen-bond donors (Lipinski definition) is 3. The molecule has 6 heteroatoms. The highest BCUT2D eigenvalue weighted by molar-refractivity contribution is 5.66. The van der Waals surface area contributed by atoms with E-state index < -0.39 is 23.9 Å². The van der Waals surface area contributed by atoms with Crippen LogP contribution in [0.2, 0.25) is 0 Å². The van der Waals surface area contributed by atoms with Gasteiger partial charge in [0.1, 0.15) is 6.42 Å². The molecule has 54 valence electrons. The maximum atomic E-state index is 9.79. The molecule has 0 aromatic carbocycles. The molecule has 0 aliphatic carbocycles. The SMILES string of the molecule is O=C(O)CC[N+]([O-])(O)O. The van der Waals surface area contributed by atoms with Crippen LogP contribution in [0.3, 0.4) is 0 Å². The molecule has 0 saturated carbocycles. The lowest BCUT2D eigenvalue weighted by Gasteiger charge is -2.22. The summed E-state index contributed by atoms with van der Waals surface area (Å²) in [5, 5.41) is 33.6. The molecule has 0 aliphatic heterocycles. The second-order valence-corrected chi connectivity index (χ2v) is 1.53. The number of rotatable bonds is 3. The number of hydroxylamine groups is 3. The van der Waals surface area contributed by atoms with Crippen molar-refractivity contribution in [2.45, 2.75) is 6.42 Å². The van der Waals surface area contributed by atoms with Crippen LogP contribution in [0.25, 0.3) is 0 Å². The molecule has 0 saturated heterocycles. The molecule has 0 aromatic heterocycles. The van der Waals surface area contributed by atoms with E-state index in [-0.39, 0.29) is 0 Å².